The number of rotatable bonds is 13. The summed E-state index contributed by atoms with van der Waals surface area (Å²) in [6.07, 6.45) is 7.65. The molecule has 0 aromatic rings. The first-order valence-corrected chi connectivity index (χ1v) is 8.51. The zero-order valence-electron chi connectivity index (χ0n) is 16.1. The molecule has 0 rings (SSSR count). The Hall–Kier alpha value is -3.16. The topological polar surface area (TPSA) is 105 Å². The van der Waals surface area contributed by atoms with Gasteiger partial charge in [-0.15, -0.1) is 0 Å². The molecule has 8 nitrogen and oxygen atoms in total. The van der Waals surface area contributed by atoms with Gasteiger partial charge in [-0.3, -0.25) is 9.59 Å². The van der Waals surface area contributed by atoms with E-state index in [0.717, 1.165) is 0 Å². The van der Waals surface area contributed by atoms with Crippen molar-refractivity contribution in [1.82, 2.24) is 0 Å². The second-order valence-corrected chi connectivity index (χ2v) is 4.92. The minimum atomic E-state index is -1.02. The molecule has 0 saturated carbocycles. The van der Waals surface area contributed by atoms with E-state index >= 15 is 0 Å². The van der Waals surface area contributed by atoms with Gasteiger partial charge in [0.2, 0.25) is 0 Å². The van der Waals surface area contributed by atoms with Gasteiger partial charge in [0.25, 0.3) is 0 Å². The molecule has 8 heteroatoms. The van der Waals surface area contributed by atoms with Crippen LogP contribution in [0.3, 0.4) is 0 Å². The van der Waals surface area contributed by atoms with Crippen molar-refractivity contribution in [3.63, 3.8) is 0 Å². The van der Waals surface area contributed by atoms with Crippen LogP contribution in [0.1, 0.15) is 25.7 Å². The Morgan fingerprint density at radius 2 is 0.821 bits per heavy atom. The Balaban J connectivity index is 0. The van der Waals surface area contributed by atoms with Crippen molar-refractivity contribution in [1.29, 1.82) is 0 Å². The zero-order valence-corrected chi connectivity index (χ0v) is 16.1. The predicted octanol–water partition coefficient (Wildman–Crippen LogP) is 2.45. The van der Waals surface area contributed by atoms with Crippen molar-refractivity contribution in [2.45, 2.75) is 25.7 Å². The van der Waals surface area contributed by atoms with Crippen LogP contribution in [0, 0.1) is 0 Å². The molecule has 0 unspecified atom stereocenters. The molecule has 28 heavy (non-hydrogen) atoms. The molecule has 0 N–H and O–H groups in total. The van der Waals surface area contributed by atoms with Crippen LogP contribution in [0.4, 0.5) is 0 Å². The highest BCUT2D eigenvalue weighted by Crippen LogP contribution is 2.02. The van der Waals surface area contributed by atoms with Gasteiger partial charge in [-0.25, -0.2) is 9.59 Å². The minimum Gasteiger partial charge on any atom is -0.461 e. The van der Waals surface area contributed by atoms with Crippen LogP contribution in [0.15, 0.2) is 50.6 Å². The van der Waals surface area contributed by atoms with Crippen molar-refractivity contribution in [2.75, 3.05) is 26.4 Å². The van der Waals surface area contributed by atoms with E-state index in [1.54, 1.807) is 0 Å². The highest BCUT2D eigenvalue weighted by atomic mass is 16.6. The Labute approximate surface area is 165 Å². The molecule has 0 aliphatic carbocycles. The molecule has 0 aliphatic heterocycles. The largest absolute Gasteiger partial charge is 0.461 e. The number of hydrogen-bond donors (Lipinski definition) is 0. The molecule has 0 aliphatic rings. The lowest BCUT2D eigenvalue weighted by Crippen LogP contribution is -2.20. The molecular weight excluding hydrogens is 368 g/mol. The Bertz CT molecular complexity index is 488. The molecule has 0 radical (unpaired) electrons. The van der Waals surface area contributed by atoms with E-state index in [9.17, 15) is 19.2 Å². The normalized spacial score (nSPS) is 8.86. The average Bonchev–Trinajstić information content (AvgIpc) is 2.70. The highest BCUT2D eigenvalue weighted by molar-refractivity contribution is 6.29. The van der Waals surface area contributed by atoms with Crippen LogP contribution in [0.2, 0.25) is 0 Å². The minimum absolute atomic E-state index is 0.00201. The van der Waals surface area contributed by atoms with Gasteiger partial charge in [0.1, 0.15) is 26.4 Å². The van der Waals surface area contributed by atoms with Crippen LogP contribution in [-0.4, -0.2) is 50.3 Å². The van der Waals surface area contributed by atoms with E-state index < -0.39 is 11.9 Å². The summed E-state index contributed by atoms with van der Waals surface area (Å²) >= 11 is 0. The standard InChI is InChI=1S/C12H18O4.C8H10O4/c1-3-9-15-11(13)7-5-6-8-12(14)16-10-4-2;1-3-5-11-7(9)8(10)12-6-4-2/h3-4H,1-2,5-10H2;3-4H,1-2,5-6H2. The summed E-state index contributed by atoms with van der Waals surface area (Å²) in [5.74, 6) is -2.56. The van der Waals surface area contributed by atoms with Gasteiger partial charge in [0.15, 0.2) is 0 Å². The maximum Gasteiger partial charge on any atom is 0.417 e. The van der Waals surface area contributed by atoms with Crippen molar-refractivity contribution in [3.05, 3.63) is 50.6 Å². The summed E-state index contributed by atoms with van der Waals surface area (Å²) in [6, 6.07) is 0. The molecule has 0 atom stereocenters. The summed E-state index contributed by atoms with van der Waals surface area (Å²) in [7, 11) is 0. The smallest absolute Gasteiger partial charge is 0.417 e. The van der Waals surface area contributed by atoms with Gasteiger partial charge < -0.3 is 18.9 Å². The molecule has 0 aromatic carbocycles. The maximum atomic E-state index is 11.0. The van der Waals surface area contributed by atoms with Crippen molar-refractivity contribution >= 4 is 23.9 Å². The summed E-state index contributed by atoms with van der Waals surface area (Å²) in [4.78, 5) is 43.3. The fourth-order valence-corrected chi connectivity index (χ4v) is 1.37. The van der Waals surface area contributed by atoms with Crippen LogP contribution < -0.4 is 0 Å². The molecule has 0 spiro atoms. The quantitative estimate of drug-likeness (QED) is 0.154. The number of unbranched alkanes of at least 4 members (excludes halogenated alkanes) is 1. The third-order valence-corrected chi connectivity index (χ3v) is 2.57. The lowest BCUT2D eigenvalue weighted by Gasteiger charge is -2.02. The van der Waals surface area contributed by atoms with Gasteiger partial charge in [0, 0.05) is 12.8 Å². The maximum absolute atomic E-state index is 11.0. The van der Waals surface area contributed by atoms with Gasteiger partial charge >= 0.3 is 23.9 Å². The molecule has 0 fully saturated rings. The van der Waals surface area contributed by atoms with Gasteiger partial charge in [0.05, 0.1) is 0 Å². The van der Waals surface area contributed by atoms with Crippen molar-refractivity contribution in [3.8, 4) is 0 Å². The molecule has 0 aromatic heterocycles. The average molecular weight is 396 g/mol. The van der Waals surface area contributed by atoms with Crippen LogP contribution >= 0.6 is 0 Å². The van der Waals surface area contributed by atoms with Crippen LogP contribution in [-0.2, 0) is 38.1 Å². The fourth-order valence-electron chi connectivity index (χ4n) is 1.37. The van der Waals surface area contributed by atoms with E-state index in [-0.39, 0.29) is 38.4 Å². The molecule has 0 saturated heterocycles. The van der Waals surface area contributed by atoms with E-state index in [1.807, 2.05) is 0 Å². The Morgan fingerprint density at radius 3 is 1.11 bits per heavy atom. The predicted molar refractivity (Wildman–Crippen MR) is 103 cm³/mol. The summed E-state index contributed by atoms with van der Waals surface area (Å²) in [5.41, 5.74) is 0. The SMILES string of the molecule is C=CCOC(=O)C(=O)OCC=C.C=CCOC(=O)CCCCC(=O)OCC=C. The first-order valence-electron chi connectivity index (χ1n) is 8.51. The molecule has 0 bridgehead atoms. The van der Waals surface area contributed by atoms with E-state index in [0.29, 0.717) is 25.7 Å². The summed E-state index contributed by atoms with van der Waals surface area (Å²) in [5, 5.41) is 0. The molecular formula is C20H28O8. The number of carbonyl (C=O) groups is 4. The lowest BCUT2D eigenvalue weighted by atomic mass is 10.2. The van der Waals surface area contributed by atoms with E-state index in [1.165, 1.54) is 24.3 Å². The first kappa shape index (κ1) is 27.1. The highest BCUT2D eigenvalue weighted by Gasteiger charge is 2.15. The molecule has 0 heterocycles. The Morgan fingerprint density at radius 1 is 0.536 bits per heavy atom. The number of carbonyl (C=O) groups excluding carboxylic acids is 4. The summed E-state index contributed by atoms with van der Waals surface area (Å²) < 4.78 is 18.3. The molecule has 0 amide bonds. The van der Waals surface area contributed by atoms with Crippen molar-refractivity contribution < 1.29 is 38.1 Å². The second-order valence-electron chi connectivity index (χ2n) is 4.92. The number of esters is 4. The van der Waals surface area contributed by atoms with E-state index in [2.05, 4.69) is 35.8 Å². The van der Waals surface area contributed by atoms with Crippen LogP contribution in [0.25, 0.3) is 0 Å². The second kappa shape index (κ2) is 20.2. The fraction of sp³-hybridized carbons (Fsp3) is 0.400. The number of ether oxygens (including phenoxy) is 4. The van der Waals surface area contributed by atoms with Gasteiger partial charge in [-0.05, 0) is 12.8 Å². The number of hydrogen-bond acceptors (Lipinski definition) is 8. The molecule has 156 valence electrons. The van der Waals surface area contributed by atoms with E-state index in [4.69, 9.17) is 9.47 Å². The van der Waals surface area contributed by atoms with Crippen molar-refractivity contribution in [2.24, 2.45) is 0 Å². The first-order chi connectivity index (χ1) is 13.4. The zero-order chi connectivity index (χ0) is 21.6. The Kier molecular flexibility index (Phi) is 19.5. The monoisotopic (exact) mass is 396 g/mol. The third-order valence-electron chi connectivity index (χ3n) is 2.57. The summed E-state index contributed by atoms with van der Waals surface area (Å²) in [6.45, 7) is 14.0. The van der Waals surface area contributed by atoms with Gasteiger partial charge in [-0.2, -0.15) is 0 Å². The third kappa shape index (κ3) is 19.2. The lowest BCUT2D eigenvalue weighted by molar-refractivity contribution is -0.166. The van der Waals surface area contributed by atoms with Gasteiger partial charge in [-0.1, -0.05) is 50.6 Å². The van der Waals surface area contributed by atoms with Crippen LogP contribution in [0.5, 0.6) is 0 Å².